The summed E-state index contributed by atoms with van der Waals surface area (Å²) in [6.07, 6.45) is 3.71. The van der Waals surface area contributed by atoms with Crippen molar-refractivity contribution < 1.29 is 9.90 Å². The molecule has 0 spiro atoms. The Morgan fingerprint density at radius 3 is 2.65 bits per heavy atom. The standard InChI is InChI=1S/C16H30N4O2.HI/c1-4-17-15(18-11-16(22)7-5-8-16)19-13-6-9-20(10-13)14(21)12(2)3;/h12-13,22H,4-11H2,1-3H3,(H2,17,18,19);1H. The number of carbonyl (C=O) groups is 1. The summed E-state index contributed by atoms with van der Waals surface area (Å²) in [5.41, 5.74) is -0.600. The molecule has 0 aromatic carbocycles. The van der Waals surface area contributed by atoms with Gasteiger partial charge in [-0.15, -0.1) is 24.0 Å². The van der Waals surface area contributed by atoms with Gasteiger partial charge in [-0.05, 0) is 32.6 Å². The fraction of sp³-hybridized carbons (Fsp3) is 0.875. The van der Waals surface area contributed by atoms with E-state index in [4.69, 9.17) is 0 Å². The molecule has 1 saturated carbocycles. The number of likely N-dealkylation sites (tertiary alicyclic amines) is 1. The Bertz CT molecular complexity index is 424. The Labute approximate surface area is 156 Å². The average Bonchev–Trinajstić information content (AvgIpc) is 2.90. The molecular weight excluding hydrogens is 407 g/mol. The first kappa shape index (κ1) is 20.5. The number of halogens is 1. The molecule has 1 aliphatic carbocycles. The van der Waals surface area contributed by atoms with E-state index < -0.39 is 5.60 Å². The van der Waals surface area contributed by atoms with E-state index in [1.807, 2.05) is 25.7 Å². The normalized spacial score (nSPS) is 23.3. The molecule has 0 aromatic rings. The number of hydrogen-bond donors (Lipinski definition) is 3. The summed E-state index contributed by atoms with van der Waals surface area (Å²) in [7, 11) is 0. The Kier molecular flexibility index (Phi) is 8.06. The highest BCUT2D eigenvalue weighted by molar-refractivity contribution is 14.0. The topological polar surface area (TPSA) is 77.0 Å². The predicted octanol–water partition coefficient (Wildman–Crippen LogP) is 1.33. The fourth-order valence-corrected chi connectivity index (χ4v) is 2.93. The molecule has 1 aliphatic heterocycles. The van der Waals surface area contributed by atoms with Crippen molar-refractivity contribution in [2.45, 2.75) is 58.1 Å². The highest BCUT2D eigenvalue weighted by Crippen LogP contribution is 2.31. The van der Waals surface area contributed by atoms with Crippen LogP contribution in [0.1, 0.15) is 46.5 Å². The second-order valence-corrected chi connectivity index (χ2v) is 6.84. The van der Waals surface area contributed by atoms with E-state index in [2.05, 4.69) is 15.6 Å². The van der Waals surface area contributed by atoms with E-state index >= 15 is 0 Å². The van der Waals surface area contributed by atoms with Gasteiger partial charge in [0.05, 0.1) is 12.1 Å². The SMILES string of the molecule is CCNC(=NCC1(O)CCC1)NC1CCN(C(=O)C(C)C)C1.I. The van der Waals surface area contributed by atoms with Crippen molar-refractivity contribution >= 4 is 35.8 Å². The lowest BCUT2D eigenvalue weighted by atomic mass is 9.80. The first-order valence-corrected chi connectivity index (χ1v) is 8.49. The Morgan fingerprint density at radius 1 is 1.43 bits per heavy atom. The van der Waals surface area contributed by atoms with Crippen molar-refractivity contribution in [3.8, 4) is 0 Å². The zero-order valence-electron chi connectivity index (χ0n) is 14.5. The third-order valence-electron chi connectivity index (χ3n) is 4.49. The van der Waals surface area contributed by atoms with Crippen LogP contribution in [-0.2, 0) is 4.79 Å². The first-order valence-electron chi connectivity index (χ1n) is 8.49. The van der Waals surface area contributed by atoms with Crippen LogP contribution in [-0.4, -0.2) is 59.7 Å². The lowest BCUT2D eigenvalue weighted by molar-refractivity contribution is -0.133. The third kappa shape index (κ3) is 5.77. The number of nitrogens with one attached hydrogen (secondary N) is 2. The number of guanidine groups is 1. The molecule has 7 heteroatoms. The van der Waals surface area contributed by atoms with Gasteiger partial charge in [0.1, 0.15) is 0 Å². The van der Waals surface area contributed by atoms with Gasteiger partial charge in [0.15, 0.2) is 5.96 Å². The van der Waals surface area contributed by atoms with Gasteiger partial charge >= 0.3 is 0 Å². The van der Waals surface area contributed by atoms with Gasteiger partial charge in [-0.25, -0.2) is 0 Å². The van der Waals surface area contributed by atoms with E-state index in [9.17, 15) is 9.90 Å². The highest BCUT2D eigenvalue weighted by Gasteiger charge is 2.34. The molecular formula is C16H31IN4O2. The summed E-state index contributed by atoms with van der Waals surface area (Å²) in [6.45, 7) is 8.67. The van der Waals surface area contributed by atoms with Crippen LogP contribution < -0.4 is 10.6 Å². The van der Waals surface area contributed by atoms with Gasteiger partial charge in [0.2, 0.25) is 5.91 Å². The molecule has 2 aliphatic rings. The van der Waals surface area contributed by atoms with E-state index in [1.165, 1.54) is 0 Å². The molecule has 6 nitrogen and oxygen atoms in total. The summed E-state index contributed by atoms with van der Waals surface area (Å²) >= 11 is 0. The Morgan fingerprint density at radius 2 is 2.13 bits per heavy atom. The lowest BCUT2D eigenvalue weighted by Crippen LogP contribution is -2.47. The fourth-order valence-electron chi connectivity index (χ4n) is 2.93. The molecule has 1 heterocycles. The minimum atomic E-state index is -0.600. The van der Waals surface area contributed by atoms with Crippen molar-refractivity contribution in [2.75, 3.05) is 26.2 Å². The minimum absolute atomic E-state index is 0. The van der Waals surface area contributed by atoms with Crippen LogP contribution in [0.4, 0.5) is 0 Å². The second-order valence-electron chi connectivity index (χ2n) is 6.84. The van der Waals surface area contributed by atoms with Gasteiger partial charge < -0.3 is 20.6 Å². The summed E-state index contributed by atoms with van der Waals surface area (Å²) < 4.78 is 0. The molecule has 1 amide bonds. The average molecular weight is 438 g/mol. The van der Waals surface area contributed by atoms with Crippen LogP contribution in [0.15, 0.2) is 4.99 Å². The maximum atomic E-state index is 12.0. The molecule has 134 valence electrons. The van der Waals surface area contributed by atoms with Gasteiger partial charge in [-0.3, -0.25) is 9.79 Å². The van der Waals surface area contributed by atoms with Crippen molar-refractivity contribution in [3.05, 3.63) is 0 Å². The summed E-state index contributed by atoms with van der Waals surface area (Å²) in [5.74, 6) is 1.01. The Balaban J connectivity index is 0.00000264. The van der Waals surface area contributed by atoms with Crippen LogP contribution in [0.5, 0.6) is 0 Å². The molecule has 0 bridgehead atoms. The van der Waals surface area contributed by atoms with Crippen molar-refractivity contribution in [3.63, 3.8) is 0 Å². The smallest absolute Gasteiger partial charge is 0.225 e. The van der Waals surface area contributed by atoms with Gasteiger partial charge in [0, 0.05) is 31.6 Å². The van der Waals surface area contributed by atoms with Gasteiger partial charge in [-0.2, -0.15) is 0 Å². The van der Waals surface area contributed by atoms with Crippen LogP contribution in [0.2, 0.25) is 0 Å². The second kappa shape index (κ2) is 9.05. The maximum absolute atomic E-state index is 12.0. The number of aliphatic hydroxyl groups is 1. The van der Waals surface area contributed by atoms with Crippen LogP contribution in [0.3, 0.4) is 0 Å². The van der Waals surface area contributed by atoms with Crippen LogP contribution in [0, 0.1) is 5.92 Å². The van der Waals surface area contributed by atoms with E-state index in [-0.39, 0.29) is 41.8 Å². The molecule has 0 aromatic heterocycles. The zero-order chi connectivity index (χ0) is 16.2. The molecule has 23 heavy (non-hydrogen) atoms. The van der Waals surface area contributed by atoms with E-state index in [0.29, 0.717) is 6.54 Å². The molecule has 0 radical (unpaired) electrons. The minimum Gasteiger partial charge on any atom is -0.388 e. The third-order valence-corrected chi connectivity index (χ3v) is 4.49. The number of carbonyl (C=O) groups excluding carboxylic acids is 1. The van der Waals surface area contributed by atoms with E-state index in [0.717, 1.165) is 51.3 Å². The van der Waals surface area contributed by atoms with Crippen LogP contribution in [0.25, 0.3) is 0 Å². The molecule has 1 atom stereocenters. The Hall–Kier alpha value is -0.570. The molecule has 1 saturated heterocycles. The zero-order valence-corrected chi connectivity index (χ0v) is 16.8. The van der Waals surface area contributed by atoms with Crippen molar-refractivity contribution in [1.29, 1.82) is 0 Å². The monoisotopic (exact) mass is 438 g/mol. The van der Waals surface area contributed by atoms with Gasteiger partial charge in [-0.1, -0.05) is 13.8 Å². The molecule has 3 N–H and O–H groups in total. The maximum Gasteiger partial charge on any atom is 0.225 e. The molecule has 2 rings (SSSR count). The summed E-state index contributed by atoms with van der Waals surface area (Å²) in [4.78, 5) is 18.5. The number of rotatable bonds is 5. The summed E-state index contributed by atoms with van der Waals surface area (Å²) in [6, 6.07) is 0.233. The lowest BCUT2D eigenvalue weighted by Gasteiger charge is -2.35. The number of hydrogen-bond acceptors (Lipinski definition) is 3. The van der Waals surface area contributed by atoms with Gasteiger partial charge in [0.25, 0.3) is 0 Å². The summed E-state index contributed by atoms with van der Waals surface area (Å²) in [5, 5.41) is 16.8. The number of aliphatic imine (C=N–C) groups is 1. The largest absolute Gasteiger partial charge is 0.388 e. The molecule has 1 unspecified atom stereocenters. The number of amides is 1. The van der Waals surface area contributed by atoms with Crippen molar-refractivity contribution in [2.24, 2.45) is 10.9 Å². The number of nitrogens with zero attached hydrogens (tertiary/aromatic N) is 2. The van der Waals surface area contributed by atoms with Crippen LogP contribution >= 0.6 is 24.0 Å². The first-order chi connectivity index (χ1) is 10.4. The van der Waals surface area contributed by atoms with E-state index in [1.54, 1.807) is 0 Å². The highest BCUT2D eigenvalue weighted by atomic mass is 127. The quantitative estimate of drug-likeness (QED) is 0.344. The predicted molar refractivity (Wildman–Crippen MR) is 103 cm³/mol. The molecule has 2 fully saturated rings. The van der Waals surface area contributed by atoms with Crippen molar-refractivity contribution in [1.82, 2.24) is 15.5 Å².